The largest absolute Gasteiger partial charge is 0.324 e. The number of nitrogen functional groups attached to an aromatic ring is 1. The predicted octanol–water partition coefficient (Wildman–Crippen LogP) is 2.87. The van der Waals surface area contributed by atoms with Crippen LogP contribution in [-0.4, -0.2) is 10.9 Å². The van der Waals surface area contributed by atoms with Crippen LogP contribution < -0.4 is 16.6 Å². The van der Waals surface area contributed by atoms with Crippen molar-refractivity contribution in [2.45, 2.75) is 25.7 Å². The first kappa shape index (κ1) is 13.1. The number of amides is 1. The van der Waals surface area contributed by atoms with Gasteiger partial charge < -0.3 is 5.43 Å². The second kappa shape index (κ2) is 5.22. The third-order valence-corrected chi connectivity index (χ3v) is 4.16. The van der Waals surface area contributed by atoms with Crippen LogP contribution in [-0.2, 0) is 0 Å². The first-order valence-electron chi connectivity index (χ1n) is 6.51. The zero-order valence-electron chi connectivity index (χ0n) is 11.1. The second-order valence-electron chi connectivity index (χ2n) is 4.98. The Morgan fingerprint density at radius 2 is 2.25 bits per heavy atom. The number of hydrazine groups is 1. The molecule has 0 bridgehead atoms. The molecule has 1 fully saturated rings. The number of nitrogens with one attached hydrogen (secondary N) is 2. The SMILES string of the molecule is Cc1cc(C(=O)Nc2nc(C3CC3)cs2)ccc1NN. The Morgan fingerprint density at radius 3 is 2.90 bits per heavy atom. The van der Waals surface area contributed by atoms with E-state index in [1.54, 1.807) is 18.2 Å². The molecule has 0 atom stereocenters. The number of carbonyl (C=O) groups excluding carboxylic acids is 1. The lowest BCUT2D eigenvalue weighted by atomic mass is 10.1. The Morgan fingerprint density at radius 1 is 1.45 bits per heavy atom. The molecule has 0 unspecified atom stereocenters. The topological polar surface area (TPSA) is 80.0 Å². The maximum atomic E-state index is 12.2. The third kappa shape index (κ3) is 2.66. The van der Waals surface area contributed by atoms with Crippen molar-refractivity contribution in [3.05, 3.63) is 40.4 Å². The van der Waals surface area contributed by atoms with Crippen molar-refractivity contribution in [3.8, 4) is 0 Å². The van der Waals surface area contributed by atoms with Crippen LogP contribution in [0.3, 0.4) is 0 Å². The van der Waals surface area contributed by atoms with Gasteiger partial charge in [0.05, 0.1) is 11.4 Å². The highest BCUT2D eigenvalue weighted by Gasteiger charge is 2.26. The van der Waals surface area contributed by atoms with Crippen LogP contribution in [0.25, 0.3) is 0 Å². The van der Waals surface area contributed by atoms with Crippen LogP contribution in [0.5, 0.6) is 0 Å². The number of benzene rings is 1. The summed E-state index contributed by atoms with van der Waals surface area (Å²) in [7, 11) is 0. The molecule has 1 aromatic heterocycles. The monoisotopic (exact) mass is 288 g/mol. The number of aryl methyl sites for hydroxylation is 1. The van der Waals surface area contributed by atoms with E-state index in [-0.39, 0.29) is 5.91 Å². The molecule has 0 saturated heterocycles. The van der Waals surface area contributed by atoms with Crippen molar-refractivity contribution < 1.29 is 4.79 Å². The molecule has 1 aliphatic carbocycles. The van der Waals surface area contributed by atoms with Gasteiger partial charge >= 0.3 is 0 Å². The van der Waals surface area contributed by atoms with E-state index in [4.69, 9.17) is 5.84 Å². The van der Waals surface area contributed by atoms with Gasteiger partial charge in [0.15, 0.2) is 5.13 Å². The average Bonchev–Trinajstić information content (AvgIpc) is 3.19. The molecule has 1 heterocycles. The quantitative estimate of drug-likeness (QED) is 0.597. The maximum absolute atomic E-state index is 12.2. The number of nitrogens with zero attached hydrogens (tertiary/aromatic N) is 1. The highest BCUT2D eigenvalue weighted by atomic mass is 32.1. The zero-order chi connectivity index (χ0) is 14.1. The van der Waals surface area contributed by atoms with Crippen LogP contribution in [0.1, 0.15) is 40.4 Å². The van der Waals surface area contributed by atoms with Gasteiger partial charge in [-0.2, -0.15) is 0 Å². The Labute approximate surface area is 121 Å². The van der Waals surface area contributed by atoms with E-state index in [0.29, 0.717) is 16.6 Å². The van der Waals surface area contributed by atoms with E-state index in [2.05, 4.69) is 15.7 Å². The molecule has 104 valence electrons. The van der Waals surface area contributed by atoms with Gasteiger partial charge in [-0.25, -0.2) is 4.98 Å². The number of anilines is 2. The van der Waals surface area contributed by atoms with Crippen LogP contribution in [0, 0.1) is 6.92 Å². The first-order valence-corrected chi connectivity index (χ1v) is 7.39. The molecular weight excluding hydrogens is 272 g/mol. The van der Waals surface area contributed by atoms with E-state index in [0.717, 1.165) is 16.9 Å². The Kier molecular flexibility index (Phi) is 3.42. The van der Waals surface area contributed by atoms with Gasteiger partial charge in [0.1, 0.15) is 0 Å². The number of aromatic nitrogens is 1. The lowest BCUT2D eigenvalue weighted by Crippen LogP contribution is -2.13. The number of nitrogens with two attached hydrogens (primary N) is 1. The van der Waals surface area contributed by atoms with Gasteiger partial charge in [0.2, 0.25) is 0 Å². The highest BCUT2D eigenvalue weighted by molar-refractivity contribution is 7.14. The van der Waals surface area contributed by atoms with Gasteiger partial charge in [0.25, 0.3) is 5.91 Å². The molecule has 1 aromatic carbocycles. The molecule has 20 heavy (non-hydrogen) atoms. The minimum absolute atomic E-state index is 0.145. The van der Waals surface area contributed by atoms with E-state index >= 15 is 0 Å². The van der Waals surface area contributed by atoms with Crippen molar-refractivity contribution in [2.24, 2.45) is 5.84 Å². The fraction of sp³-hybridized carbons (Fsp3) is 0.286. The van der Waals surface area contributed by atoms with Crippen LogP contribution in [0.4, 0.5) is 10.8 Å². The summed E-state index contributed by atoms with van der Waals surface area (Å²) < 4.78 is 0. The Bertz CT molecular complexity index is 648. The molecule has 0 radical (unpaired) electrons. The fourth-order valence-corrected chi connectivity index (χ4v) is 2.83. The number of thiazole rings is 1. The number of carbonyl (C=O) groups is 1. The first-order chi connectivity index (χ1) is 9.67. The van der Waals surface area contributed by atoms with Gasteiger partial charge in [-0.3, -0.25) is 16.0 Å². The summed E-state index contributed by atoms with van der Waals surface area (Å²) in [6.07, 6.45) is 2.42. The van der Waals surface area contributed by atoms with Gasteiger partial charge in [-0.15, -0.1) is 11.3 Å². The molecule has 0 aliphatic heterocycles. The van der Waals surface area contributed by atoms with Crippen LogP contribution >= 0.6 is 11.3 Å². The summed E-state index contributed by atoms with van der Waals surface area (Å²) in [6, 6.07) is 5.34. The maximum Gasteiger partial charge on any atom is 0.257 e. The average molecular weight is 288 g/mol. The summed E-state index contributed by atoms with van der Waals surface area (Å²) in [6.45, 7) is 1.90. The van der Waals surface area contributed by atoms with E-state index < -0.39 is 0 Å². The third-order valence-electron chi connectivity index (χ3n) is 3.38. The normalized spacial score (nSPS) is 14.1. The van der Waals surface area contributed by atoms with Crippen LogP contribution in [0.2, 0.25) is 0 Å². The van der Waals surface area contributed by atoms with Crippen molar-refractivity contribution in [1.29, 1.82) is 0 Å². The molecule has 2 aromatic rings. The van der Waals surface area contributed by atoms with Crippen molar-refractivity contribution in [1.82, 2.24) is 4.98 Å². The van der Waals surface area contributed by atoms with Crippen molar-refractivity contribution in [2.75, 3.05) is 10.7 Å². The van der Waals surface area contributed by atoms with E-state index in [1.807, 2.05) is 12.3 Å². The molecule has 6 heteroatoms. The lowest BCUT2D eigenvalue weighted by Gasteiger charge is -2.07. The number of hydrogen-bond acceptors (Lipinski definition) is 5. The highest BCUT2D eigenvalue weighted by Crippen LogP contribution is 2.40. The minimum atomic E-state index is -0.145. The van der Waals surface area contributed by atoms with E-state index in [1.165, 1.54) is 24.2 Å². The zero-order valence-corrected chi connectivity index (χ0v) is 12.0. The van der Waals surface area contributed by atoms with Gasteiger partial charge in [0, 0.05) is 16.9 Å². The summed E-state index contributed by atoms with van der Waals surface area (Å²) in [4.78, 5) is 16.6. The molecule has 1 aliphatic rings. The predicted molar refractivity (Wildman–Crippen MR) is 81.0 cm³/mol. The fourth-order valence-electron chi connectivity index (χ4n) is 2.05. The Hall–Kier alpha value is -1.92. The summed E-state index contributed by atoms with van der Waals surface area (Å²) >= 11 is 1.48. The van der Waals surface area contributed by atoms with Crippen molar-refractivity contribution in [3.63, 3.8) is 0 Å². The smallest absolute Gasteiger partial charge is 0.257 e. The summed E-state index contributed by atoms with van der Waals surface area (Å²) in [5.74, 6) is 5.84. The van der Waals surface area contributed by atoms with Crippen LogP contribution in [0.15, 0.2) is 23.6 Å². The second-order valence-corrected chi connectivity index (χ2v) is 5.84. The van der Waals surface area contributed by atoms with Gasteiger partial charge in [-0.1, -0.05) is 0 Å². The number of hydrogen-bond donors (Lipinski definition) is 3. The molecule has 4 N–H and O–H groups in total. The van der Waals surface area contributed by atoms with Gasteiger partial charge in [-0.05, 0) is 43.5 Å². The van der Waals surface area contributed by atoms with Crippen molar-refractivity contribution >= 4 is 28.1 Å². The Balaban J connectivity index is 1.72. The molecule has 1 saturated carbocycles. The molecular formula is C14H16N4OS. The summed E-state index contributed by atoms with van der Waals surface area (Å²) in [5.41, 5.74) is 6.03. The molecule has 1 amide bonds. The molecule has 3 rings (SSSR count). The minimum Gasteiger partial charge on any atom is -0.324 e. The standard InChI is InChI=1S/C14H16N4OS/c1-8-6-10(4-5-11(8)18-15)13(19)17-14-16-12(7-20-14)9-2-3-9/h4-7,9,18H,2-3,15H2,1H3,(H,16,17,19). The van der Waals surface area contributed by atoms with E-state index in [9.17, 15) is 4.79 Å². The molecule has 5 nitrogen and oxygen atoms in total. The molecule has 0 spiro atoms. The number of rotatable bonds is 4. The lowest BCUT2D eigenvalue weighted by molar-refractivity contribution is 0.102. The summed E-state index contributed by atoms with van der Waals surface area (Å²) in [5, 5.41) is 5.53.